The number of thioether (sulfide) groups is 2. The first kappa shape index (κ1) is 13.5. The Hall–Kier alpha value is -0.880. The zero-order valence-corrected chi connectivity index (χ0v) is 11.9. The van der Waals surface area contributed by atoms with E-state index in [0.29, 0.717) is 10.9 Å². The van der Waals surface area contributed by atoms with E-state index < -0.39 is 0 Å². The molecule has 0 aromatic carbocycles. The predicted octanol–water partition coefficient (Wildman–Crippen LogP) is 1.70. The Balaban J connectivity index is 1.82. The molecular weight excluding hydrogens is 266 g/mol. The fraction of sp³-hybridized carbons (Fsp3) is 0.500. The summed E-state index contributed by atoms with van der Waals surface area (Å²) in [6.07, 6.45) is 1.67. The van der Waals surface area contributed by atoms with E-state index in [1.807, 2.05) is 36.6 Å². The number of anilines is 1. The van der Waals surface area contributed by atoms with Crippen molar-refractivity contribution in [1.82, 2.24) is 10.3 Å². The molecule has 2 rings (SSSR count). The molecule has 2 heterocycles. The number of hydrogen-bond acceptors (Lipinski definition) is 5. The summed E-state index contributed by atoms with van der Waals surface area (Å²) >= 11 is 3.90. The van der Waals surface area contributed by atoms with Crippen LogP contribution in [-0.4, -0.2) is 47.0 Å². The summed E-state index contributed by atoms with van der Waals surface area (Å²) in [5.41, 5.74) is 1.38. The Morgan fingerprint density at radius 2 is 2.39 bits per heavy atom. The van der Waals surface area contributed by atoms with Gasteiger partial charge in [0.15, 0.2) is 0 Å². The average molecular weight is 283 g/mol. The molecular formula is C12H17N3OS2. The van der Waals surface area contributed by atoms with Crippen molar-refractivity contribution in [3.05, 3.63) is 24.0 Å². The van der Waals surface area contributed by atoms with Crippen LogP contribution in [0.25, 0.3) is 0 Å². The topological polar surface area (TPSA) is 54.0 Å². The highest BCUT2D eigenvalue weighted by atomic mass is 32.2. The third-order valence-electron chi connectivity index (χ3n) is 2.66. The summed E-state index contributed by atoms with van der Waals surface area (Å²) in [5, 5.41) is 6.46. The lowest BCUT2D eigenvalue weighted by Crippen LogP contribution is -2.33. The van der Waals surface area contributed by atoms with Crippen LogP contribution < -0.4 is 10.6 Å². The van der Waals surface area contributed by atoms with Crippen molar-refractivity contribution < 1.29 is 4.79 Å². The van der Waals surface area contributed by atoms with E-state index in [4.69, 9.17) is 0 Å². The van der Waals surface area contributed by atoms with Crippen LogP contribution in [0.4, 0.5) is 5.69 Å². The molecule has 1 aliphatic heterocycles. The minimum Gasteiger partial charge on any atom is -0.387 e. The molecule has 98 valence electrons. The van der Waals surface area contributed by atoms with Crippen molar-refractivity contribution >= 4 is 35.1 Å². The molecule has 1 atom stereocenters. The number of aromatic nitrogens is 1. The van der Waals surface area contributed by atoms with Gasteiger partial charge in [-0.2, -0.15) is 23.5 Å². The SMILES string of the molecule is CNc1ccc(C(=O)NCC2CSCCS2)nc1. The number of carbonyl (C=O) groups is 1. The Morgan fingerprint density at radius 3 is 3.00 bits per heavy atom. The zero-order chi connectivity index (χ0) is 12.8. The molecule has 1 fully saturated rings. The summed E-state index contributed by atoms with van der Waals surface area (Å²) < 4.78 is 0. The van der Waals surface area contributed by atoms with Crippen LogP contribution in [0.15, 0.2) is 18.3 Å². The molecule has 4 nitrogen and oxygen atoms in total. The number of pyridine rings is 1. The van der Waals surface area contributed by atoms with Gasteiger partial charge < -0.3 is 10.6 Å². The maximum absolute atomic E-state index is 11.9. The molecule has 1 aromatic heterocycles. The number of hydrogen-bond donors (Lipinski definition) is 2. The number of rotatable bonds is 4. The summed E-state index contributed by atoms with van der Waals surface area (Å²) in [6.45, 7) is 0.728. The number of carbonyl (C=O) groups excluding carboxylic acids is 1. The molecule has 1 aromatic rings. The first-order chi connectivity index (χ1) is 8.79. The van der Waals surface area contributed by atoms with Crippen molar-refractivity contribution in [3.8, 4) is 0 Å². The van der Waals surface area contributed by atoms with Gasteiger partial charge in [0.05, 0.1) is 11.9 Å². The molecule has 0 aliphatic carbocycles. The van der Waals surface area contributed by atoms with Crippen LogP contribution in [0.1, 0.15) is 10.5 Å². The van der Waals surface area contributed by atoms with Crippen molar-refractivity contribution in [1.29, 1.82) is 0 Å². The zero-order valence-electron chi connectivity index (χ0n) is 10.3. The van der Waals surface area contributed by atoms with Crippen LogP contribution in [0.3, 0.4) is 0 Å². The molecule has 1 unspecified atom stereocenters. The Bertz CT molecular complexity index is 391. The van der Waals surface area contributed by atoms with Crippen LogP contribution in [0.5, 0.6) is 0 Å². The minimum absolute atomic E-state index is 0.0890. The Morgan fingerprint density at radius 1 is 1.50 bits per heavy atom. The van der Waals surface area contributed by atoms with Crippen molar-refractivity contribution in [3.63, 3.8) is 0 Å². The highest BCUT2D eigenvalue weighted by Crippen LogP contribution is 2.23. The van der Waals surface area contributed by atoms with Gasteiger partial charge in [-0.05, 0) is 12.1 Å². The lowest BCUT2D eigenvalue weighted by Gasteiger charge is -2.20. The van der Waals surface area contributed by atoms with Gasteiger partial charge in [0, 0.05) is 36.1 Å². The van der Waals surface area contributed by atoms with Gasteiger partial charge in [-0.25, -0.2) is 4.98 Å². The highest BCUT2D eigenvalue weighted by Gasteiger charge is 2.15. The van der Waals surface area contributed by atoms with Crippen molar-refractivity contribution in [2.75, 3.05) is 36.2 Å². The van der Waals surface area contributed by atoms with E-state index in [1.165, 1.54) is 11.5 Å². The van der Waals surface area contributed by atoms with E-state index in [1.54, 1.807) is 12.3 Å². The van der Waals surface area contributed by atoms with Gasteiger partial charge in [0.25, 0.3) is 5.91 Å². The summed E-state index contributed by atoms with van der Waals surface area (Å²) in [7, 11) is 1.83. The fourth-order valence-electron chi connectivity index (χ4n) is 1.63. The van der Waals surface area contributed by atoms with Crippen molar-refractivity contribution in [2.45, 2.75) is 5.25 Å². The number of amides is 1. The van der Waals surface area contributed by atoms with E-state index >= 15 is 0 Å². The van der Waals surface area contributed by atoms with E-state index in [9.17, 15) is 4.79 Å². The molecule has 1 amide bonds. The quantitative estimate of drug-likeness (QED) is 0.881. The summed E-state index contributed by atoms with van der Waals surface area (Å²) in [5.74, 6) is 3.44. The van der Waals surface area contributed by atoms with Crippen LogP contribution in [-0.2, 0) is 0 Å². The standard InChI is InChI=1S/C12H17N3OS2/c1-13-9-2-3-11(14-6-9)12(16)15-7-10-8-17-4-5-18-10/h2-3,6,10,13H,4-5,7-8H2,1H3,(H,15,16). The highest BCUT2D eigenvalue weighted by molar-refractivity contribution is 8.06. The molecule has 0 spiro atoms. The van der Waals surface area contributed by atoms with Crippen molar-refractivity contribution in [2.24, 2.45) is 0 Å². The second-order valence-electron chi connectivity index (χ2n) is 3.96. The maximum atomic E-state index is 11.9. The third kappa shape index (κ3) is 3.81. The maximum Gasteiger partial charge on any atom is 0.269 e. The fourth-order valence-corrected chi connectivity index (χ4v) is 4.24. The lowest BCUT2D eigenvalue weighted by atomic mass is 10.3. The Labute approximate surface area is 116 Å². The van der Waals surface area contributed by atoms with Gasteiger partial charge in [-0.1, -0.05) is 0 Å². The minimum atomic E-state index is -0.0890. The molecule has 0 radical (unpaired) electrons. The number of nitrogens with one attached hydrogen (secondary N) is 2. The molecule has 6 heteroatoms. The predicted molar refractivity (Wildman–Crippen MR) is 79.7 cm³/mol. The molecule has 18 heavy (non-hydrogen) atoms. The third-order valence-corrected chi connectivity index (χ3v) is 5.50. The molecule has 0 saturated carbocycles. The monoisotopic (exact) mass is 283 g/mol. The van der Waals surface area contributed by atoms with Crippen LogP contribution in [0, 0.1) is 0 Å². The summed E-state index contributed by atoms with van der Waals surface area (Å²) in [4.78, 5) is 16.0. The van der Waals surface area contributed by atoms with E-state index in [0.717, 1.165) is 18.0 Å². The van der Waals surface area contributed by atoms with Gasteiger partial charge in [-0.3, -0.25) is 4.79 Å². The van der Waals surface area contributed by atoms with Gasteiger partial charge >= 0.3 is 0 Å². The first-order valence-electron chi connectivity index (χ1n) is 5.91. The molecule has 0 bridgehead atoms. The number of nitrogens with zero attached hydrogens (tertiary/aromatic N) is 1. The van der Waals surface area contributed by atoms with Gasteiger partial charge in [-0.15, -0.1) is 0 Å². The largest absolute Gasteiger partial charge is 0.387 e. The van der Waals surface area contributed by atoms with Gasteiger partial charge in [0.1, 0.15) is 5.69 Å². The normalized spacial score (nSPS) is 19.3. The van der Waals surface area contributed by atoms with Crippen LogP contribution >= 0.6 is 23.5 Å². The van der Waals surface area contributed by atoms with E-state index in [-0.39, 0.29) is 5.91 Å². The second kappa shape index (κ2) is 6.89. The molecule has 1 saturated heterocycles. The molecule has 2 N–H and O–H groups in total. The molecule has 1 aliphatic rings. The van der Waals surface area contributed by atoms with Crippen LogP contribution in [0.2, 0.25) is 0 Å². The first-order valence-corrected chi connectivity index (χ1v) is 8.11. The summed E-state index contributed by atoms with van der Waals surface area (Å²) in [6, 6.07) is 3.59. The smallest absolute Gasteiger partial charge is 0.269 e. The van der Waals surface area contributed by atoms with Gasteiger partial charge in [0.2, 0.25) is 0 Å². The average Bonchev–Trinajstić information content (AvgIpc) is 2.46. The second-order valence-corrected chi connectivity index (χ2v) is 6.52. The Kier molecular flexibility index (Phi) is 5.19. The van der Waals surface area contributed by atoms with E-state index in [2.05, 4.69) is 15.6 Å². The lowest BCUT2D eigenvalue weighted by molar-refractivity contribution is 0.0949.